The van der Waals surface area contributed by atoms with Gasteiger partial charge in [0, 0.05) is 58.8 Å². The first-order valence-corrected chi connectivity index (χ1v) is 17.2. The zero-order valence-corrected chi connectivity index (χ0v) is 29.3. The Bertz CT molecular complexity index is 2630. The molecule has 6 heterocycles. The fourth-order valence-corrected chi connectivity index (χ4v) is 7.09. The first kappa shape index (κ1) is 33.4. The molecule has 0 spiro atoms. The van der Waals surface area contributed by atoms with Crippen molar-refractivity contribution in [3.63, 3.8) is 0 Å². The van der Waals surface area contributed by atoms with Crippen LogP contribution >= 0.6 is 0 Å². The number of amides is 3. The van der Waals surface area contributed by atoms with Crippen LogP contribution < -0.4 is 25.8 Å². The van der Waals surface area contributed by atoms with Crippen LogP contribution in [0, 0.1) is 25.7 Å². The fraction of sp³-hybridized carbons (Fsp3) is 0.220. The Labute approximate surface area is 303 Å². The first-order valence-electron chi connectivity index (χ1n) is 17.2. The minimum Gasteiger partial charge on any atom is -0.489 e. The van der Waals surface area contributed by atoms with Crippen LogP contribution in [0.25, 0.3) is 33.1 Å². The number of piperidine rings is 1. The van der Waals surface area contributed by atoms with Gasteiger partial charge in [-0.2, -0.15) is 0 Å². The number of anilines is 2. The lowest BCUT2D eigenvalue weighted by molar-refractivity contribution is -0.134. The number of benzene rings is 2. The molecule has 12 heteroatoms. The summed E-state index contributed by atoms with van der Waals surface area (Å²) in [5.41, 5.74) is 7.70. The van der Waals surface area contributed by atoms with Gasteiger partial charge in [0.15, 0.2) is 0 Å². The molecule has 1 fully saturated rings. The van der Waals surface area contributed by atoms with Crippen molar-refractivity contribution < 1.29 is 23.5 Å². The molecule has 264 valence electrons. The van der Waals surface area contributed by atoms with Crippen LogP contribution in [0.1, 0.15) is 51.5 Å². The van der Waals surface area contributed by atoms with Crippen LogP contribution in [0.5, 0.6) is 5.75 Å². The van der Waals surface area contributed by atoms with Crippen molar-refractivity contribution >= 4 is 51.0 Å². The molecule has 2 aliphatic heterocycles. The molecule has 6 aromatic rings. The van der Waals surface area contributed by atoms with Gasteiger partial charge in [0.1, 0.15) is 29.3 Å². The first-order chi connectivity index (χ1) is 25.7. The summed E-state index contributed by atoms with van der Waals surface area (Å²) in [5.74, 6) is 5.30. The second-order valence-electron chi connectivity index (χ2n) is 13.2. The van der Waals surface area contributed by atoms with Gasteiger partial charge < -0.3 is 23.9 Å². The number of carbonyl (C=O) groups is 3. The zero-order valence-electron chi connectivity index (χ0n) is 29.3. The van der Waals surface area contributed by atoms with Crippen LogP contribution in [0.15, 0.2) is 82.5 Å². The summed E-state index contributed by atoms with van der Waals surface area (Å²) in [6.07, 6.45) is 5.66. The molecule has 1 saturated heterocycles. The normalized spacial score (nSPS) is 15.4. The van der Waals surface area contributed by atoms with Crippen molar-refractivity contribution in [1.82, 2.24) is 25.2 Å². The smallest absolute Gasteiger partial charge is 0.270 e. The highest BCUT2D eigenvalue weighted by molar-refractivity contribution is 6.03. The van der Waals surface area contributed by atoms with Crippen molar-refractivity contribution in [3.05, 3.63) is 112 Å². The third-order valence-electron chi connectivity index (χ3n) is 9.80. The number of fused-ring (bicyclic) bond motifs is 3. The van der Waals surface area contributed by atoms with E-state index in [1.807, 2.05) is 62.4 Å². The van der Waals surface area contributed by atoms with E-state index >= 15 is 0 Å². The van der Waals surface area contributed by atoms with Crippen LogP contribution in [0.4, 0.5) is 11.4 Å². The number of nitrogens with zero attached hydrogens (tertiary/aromatic N) is 4. The maximum atomic E-state index is 13.1. The average Bonchev–Trinajstić information content (AvgIpc) is 3.58. The fourth-order valence-electron chi connectivity index (χ4n) is 7.09. The predicted octanol–water partition coefficient (Wildman–Crippen LogP) is 5.19. The van der Waals surface area contributed by atoms with Gasteiger partial charge >= 0.3 is 0 Å². The van der Waals surface area contributed by atoms with Gasteiger partial charge in [-0.25, -0.2) is 0 Å². The summed E-state index contributed by atoms with van der Waals surface area (Å²) in [6, 6.07) is 17.1. The lowest BCUT2D eigenvalue weighted by atomic mass is 9.90. The Hall–Kier alpha value is -6.74. The van der Waals surface area contributed by atoms with Gasteiger partial charge in [-0.3, -0.25) is 34.5 Å². The molecule has 12 nitrogen and oxygen atoms in total. The lowest BCUT2D eigenvalue weighted by Gasteiger charge is -2.32. The van der Waals surface area contributed by atoms with E-state index < -0.39 is 5.92 Å². The van der Waals surface area contributed by atoms with Crippen molar-refractivity contribution in [2.75, 3.05) is 24.6 Å². The highest BCUT2D eigenvalue weighted by atomic mass is 16.5. The Morgan fingerprint density at radius 2 is 1.87 bits per heavy atom. The summed E-state index contributed by atoms with van der Waals surface area (Å²) >= 11 is 0. The maximum absolute atomic E-state index is 13.1. The quantitative estimate of drug-likeness (QED) is 0.183. The molecule has 53 heavy (non-hydrogen) atoms. The second kappa shape index (κ2) is 13.4. The molecule has 0 bridgehead atoms. The standard InChI is InChI=1S/C41H34N6O6/c1-23-16-26(31-19-36-34(21-43-31)47(14-15-52-36)33-8-4-7-32-29(33)17-24(2)41(51)46(32)3)20-44-38(23)40(50)42-13-5-6-25-9-11-35-28(18-25)30(22-53-35)27-10-12-37(48)45-39(27)49/h4,7-9,11,16-22,27H,10,12-15H2,1-3H3,(H,42,50)(H,45,48,49). The molecule has 0 radical (unpaired) electrons. The van der Waals surface area contributed by atoms with E-state index in [0.29, 0.717) is 53.3 Å². The van der Waals surface area contributed by atoms with Crippen molar-refractivity contribution in [2.45, 2.75) is 32.6 Å². The monoisotopic (exact) mass is 706 g/mol. The average molecular weight is 707 g/mol. The summed E-state index contributed by atoms with van der Waals surface area (Å²) in [7, 11) is 1.79. The Kier molecular flexibility index (Phi) is 8.46. The Morgan fingerprint density at radius 3 is 2.70 bits per heavy atom. The van der Waals surface area contributed by atoms with E-state index in [2.05, 4.69) is 32.4 Å². The molecule has 0 saturated carbocycles. The third kappa shape index (κ3) is 6.16. The number of pyridine rings is 3. The number of imide groups is 1. The zero-order chi connectivity index (χ0) is 36.8. The molecule has 1 unspecified atom stereocenters. The van der Waals surface area contributed by atoms with Gasteiger partial charge in [0.2, 0.25) is 11.8 Å². The molecule has 0 aliphatic carbocycles. The van der Waals surface area contributed by atoms with Gasteiger partial charge in [-0.15, -0.1) is 0 Å². The summed E-state index contributed by atoms with van der Waals surface area (Å²) < 4.78 is 13.4. The van der Waals surface area contributed by atoms with Crippen molar-refractivity contribution in [1.29, 1.82) is 0 Å². The van der Waals surface area contributed by atoms with Crippen LogP contribution in [0.2, 0.25) is 0 Å². The van der Waals surface area contributed by atoms with Crippen LogP contribution in [0.3, 0.4) is 0 Å². The van der Waals surface area contributed by atoms with E-state index in [1.165, 1.54) is 0 Å². The molecular formula is C41H34N6O6. The second-order valence-corrected chi connectivity index (χ2v) is 13.2. The van der Waals surface area contributed by atoms with E-state index in [9.17, 15) is 19.2 Å². The van der Waals surface area contributed by atoms with E-state index in [1.54, 1.807) is 36.3 Å². The number of rotatable bonds is 5. The van der Waals surface area contributed by atoms with Gasteiger partial charge in [0.05, 0.1) is 48.4 Å². The van der Waals surface area contributed by atoms with E-state index in [0.717, 1.165) is 38.8 Å². The number of aromatic nitrogens is 3. The highest BCUT2D eigenvalue weighted by Crippen LogP contribution is 2.40. The maximum Gasteiger partial charge on any atom is 0.270 e. The minimum atomic E-state index is -0.468. The van der Waals surface area contributed by atoms with Gasteiger partial charge in [0.25, 0.3) is 11.5 Å². The predicted molar refractivity (Wildman–Crippen MR) is 199 cm³/mol. The number of hydrogen-bond donors (Lipinski definition) is 2. The number of nitrogens with one attached hydrogen (secondary N) is 2. The molecule has 3 amide bonds. The van der Waals surface area contributed by atoms with E-state index in [-0.39, 0.29) is 41.9 Å². The molecule has 2 aromatic carbocycles. The topological polar surface area (TPSA) is 149 Å². The molecule has 8 rings (SSSR count). The van der Waals surface area contributed by atoms with Crippen LogP contribution in [-0.2, 0) is 16.6 Å². The van der Waals surface area contributed by atoms with E-state index in [4.69, 9.17) is 14.1 Å². The van der Waals surface area contributed by atoms with Crippen LogP contribution in [-0.4, -0.2) is 52.0 Å². The number of furan rings is 1. The van der Waals surface area contributed by atoms with Crippen molar-refractivity contribution in [2.24, 2.45) is 7.05 Å². The minimum absolute atomic E-state index is 0.0196. The summed E-state index contributed by atoms with van der Waals surface area (Å²) in [6.45, 7) is 4.84. The molecule has 2 N–H and O–H groups in total. The molecular weight excluding hydrogens is 672 g/mol. The largest absolute Gasteiger partial charge is 0.489 e. The number of carbonyl (C=O) groups excluding carboxylic acids is 3. The van der Waals surface area contributed by atoms with Gasteiger partial charge in [-0.1, -0.05) is 17.9 Å². The molecule has 4 aromatic heterocycles. The SMILES string of the molecule is Cc1cc(-c2cc3c(cn2)N(c2cccc4c2cc(C)c(=O)n4C)CCO3)cnc1C(=O)NCC#Cc1ccc2occ(C3CCC(=O)NC3=O)c2c1. The Morgan fingerprint density at radius 1 is 1.00 bits per heavy atom. The number of ether oxygens (including phenoxy) is 1. The lowest BCUT2D eigenvalue weighted by Crippen LogP contribution is -2.39. The summed E-state index contributed by atoms with van der Waals surface area (Å²) in [5, 5.41) is 6.95. The third-order valence-corrected chi connectivity index (χ3v) is 9.80. The molecule has 1 atom stereocenters. The number of aryl methyl sites for hydroxylation is 3. The summed E-state index contributed by atoms with van der Waals surface area (Å²) in [4.78, 5) is 61.1. The molecule has 2 aliphatic rings. The number of hydrogen-bond acceptors (Lipinski definition) is 9. The van der Waals surface area contributed by atoms with Gasteiger partial charge in [-0.05, 0) is 68.3 Å². The Balaban J connectivity index is 0.961. The highest BCUT2D eigenvalue weighted by Gasteiger charge is 2.30. The van der Waals surface area contributed by atoms with Crippen molar-refractivity contribution in [3.8, 4) is 28.8 Å².